The number of aryl methyl sites for hydroxylation is 1. The summed E-state index contributed by atoms with van der Waals surface area (Å²) in [6.07, 6.45) is 4.88. The minimum absolute atomic E-state index is 0.0324. The monoisotopic (exact) mass is 291 g/mol. The van der Waals surface area contributed by atoms with Crippen LogP contribution in [-0.4, -0.2) is 16.4 Å². The highest BCUT2D eigenvalue weighted by atomic mass is 16.6. The van der Waals surface area contributed by atoms with Crippen LogP contribution in [0.2, 0.25) is 0 Å². The second-order valence-electron chi connectivity index (χ2n) is 5.63. The number of hydrogen-bond donors (Lipinski definition) is 2. The quantitative estimate of drug-likeness (QED) is 0.658. The standard InChI is InChI=1S/C15H21N3O3/c1-2-11-6-7-12(10-13(11)18(20)21)17-14(19)15(16)8-4-3-5-9-15/h6-7,10H,2-5,8-9,16H2,1H3,(H,17,19). The van der Waals surface area contributed by atoms with Gasteiger partial charge in [0.2, 0.25) is 5.91 Å². The highest BCUT2D eigenvalue weighted by Gasteiger charge is 2.35. The van der Waals surface area contributed by atoms with E-state index in [0.717, 1.165) is 19.3 Å². The van der Waals surface area contributed by atoms with E-state index in [1.54, 1.807) is 12.1 Å². The highest BCUT2D eigenvalue weighted by molar-refractivity contribution is 5.98. The Hall–Kier alpha value is -1.95. The molecule has 1 aliphatic rings. The molecule has 114 valence electrons. The predicted octanol–water partition coefficient (Wildman–Crippen LogP) is 2.76. The van der Waals surface area contributed by atoms with Gasteiger partial charge < -0.3 is 11.1 Å². The molecule has 1 amide bonds. The summed E-state index contributed by atoms with van der Waals surface area (Å²) in [5.41, 5.74) is 6.42. The Labute approximate surface area is 123 Å². The minimum atomic E-state index is -0.851. The number of nitrogens with zero attached hydrogens (tertiary/aromatic N) is 1. The van der Waals surface area contributed by atoms with E-state index in [2.05, 4.69) is 5.32 Å². The molecule has 3 N–H and O–H groups in total. The summed E-state index contributed by atoms with van der Waals surface area (Å²) < 4.78 is 0. The molecule has 0 saturated heterocycles. The Morgan fingerprint density at radius 2 is 2.05 bits per heavy atom. The van der Waals surface area contributed by atoms with E-state index in [0.29, 0.717) is 30.5 Å². The van der Waals surface area contributed by atoms with Gasteiger partial charge in [0, 0.05) is 17.3 Å². The fourth-order valence-corrected chi connectivity index (χ4v) is 2.78. The Kier molecular flexibility index (Phi) is 4.57. The van der Waals surface area contributed by atoms with Gasteiger partial charge in [0.05, 0.1) is 10.5 Å². The van der Waals surface area contributed by atoms with Gasteiger partial charge >= 0.3 is 0 Å². The van der Waals surface area contributed by atoms with Crippen molar-refractivity contribution in [1.82, 2.24) is 0 Å². The third-order valence-electron chi connectivity index (χ3n) is 4.12. The van der Waals surface area contributed by atoms with Gasteiger partial charge in [-0.15, -0.1) is 0 Å². The lowest BCUT2D eigenvalue weighted by atomic mass is 9.82. The number of anilines is 1. The average Bonchev–Trinajstić information content (AvgIpc) is 2.47. The van der Waals surface area contributed by atoms with Crippen LogP contribution in [0, 0.1) is 10.1 Å². The molecule has 2 rings (SSSR count). The van der Waals surface area contributed by atoms with E-state index in [1.807, 2.05) is 6.92 Å². The first kappa shape index (κ1) is 15.4. The van der Waals surface area contributed by atoms with Gasteiger partial charge in [0.15, 0.2) is 0 Å². The molecule has 0 heterocycles. The number of nitro groups is 1. The van der Waals surface area contributed by atoms with Crippen LogP contribution in [0.15, 0.2) is 18.2 Å². The Balaban J connectivity index is 2.17. The molecule has 1 aromatic carbocycles. The third-order valence-corrected chi connectivity index (χ3v) is 4.12. The first-order valence-corrected chi connectivity index (χ1v) is 7.34. The lowest BCUT2D eigenvalue weighted by molar-refractivity contribution is -0.385. The fraction of sp³-hybridized carbons (Fsp3) is 0.533. The van der Waals surface area contributed by atoms with Crippen molar-refractivity contribution in [1.29, 1.82) is 0 Å². The first-order valence-electron chi connectivity index (χ1n) is 7.34. The van der Waals surface area contributed by atoms with Gasteiger partial charge in [0.1, 0.15) is 0 Å². The van der Waals surface area contributed by atoms with Crippen LogP contribution in [-0.2, 0) is 11.2 Å². The summed E-state index contributed by atoms with van der Waals surface area (Å²) in [4.78, 5) is 22.9. The largest absolute Gasteiger partial charge is 0.324 e. The number of amides is 1. The summed E-state index contributed by atoms with van der Waals surface area (Å²) in [6.45, 7) is 1.86. The zero-order valence-electron chi connectivity index (χ0n) is 12.2. The lowest BCUT2D eigenvalue weighted by Crippen LogP contribution is -2.52. The molecule has 0 bridgehead atoms. The van der Waals surface area contributed by atoms with Crippen LogP contribution >= 0.6 is 0 Å². The van der Waals surface area contributed by atoms with E-state index >= 15 is 0 Å². The van der Waals surface area contributed by atoms with E-state index in [1.165, 1.54) is 6.07 Å². The molecule has 0 atom stereocenters. The van der Waals surface area contributed by atoms with Crippen molar-refractivity contribution in [2.24, 2.45) is 5.73 Å². The van der Waals surface area contributed by atoms with Crippen LogP contribution in [0.4, 0.5) is 11.4 Å². The molecular formula is C15H21N3O3. The number of benzene rings is 1. The molecule has 0 unspecified atom stereocenters. The number of hydrogen-bond acceptors (Lipinski definition) is 4. The molecule has 1 fully saturated rings. The van der Waals surface area contributed by atoms with Gasteiger partial charge in [-0.05, 0) is 25.3 Å². The SMILES string of the molecule is CCc1ccc(NC(=O)C2(N)CCCCC2)cc1[N+](=O)[O-]. The maximum Gasteiger partial charge on any atom is 0.274 e. The molecule has 0 aliphatic heterocycles. The van der Waals surface area contributed by atoms with E-state index in [4.69, 9.17) is 5.73 Å². The van der Waals surface area contributed by atoms with Crippen molar-refractivity contribution in [3.8, 4) is 0 Å². The number of nitrogens with two attached hydrogens (primary N) is 1. The molecule has 1 aliphatic carbocycles. The van der Waals surface area contributed by atoms with Gasteiger partial charge in [-0.2, -0.15) is 0 Å². The predicted molar refractivity (Wildman–Crippen MR) is 81.1 cm³/mol. The second kappa shape index (κ2) is 6.22. The number of rotatable bonds is 4. The molecule has 0 spiro atoms. The Bertz CT molecular complexity index is 551. The summed E-state index contributed by atoms with van der Waals surface area (Å²) in [7, 11) is 0. The molecule has 6 nitrogen and oxygen atoms in total. The maximum atomic E-state index is 12.3. The zero-order valence-corrected chi connectivity index (χ0v) is 12.2. The fourth-order valence-electron chi connectivity index (χ4n) is 2.78. The highest BCUT2D eigenvalue weighted by Crippen LogP contribution is 2.28. The maximum absolute atomic E-state index is 12.3. The molecular weight excluding hydrogens is 270 g/mol. The summed E-state index contributed by atoms with van der Waals surface area (Å²) >= 11 is 0. The summed E-state index contributed by atoms with van der Waals surface area (Å²) in [5, 5.41) is 13.8. The van der Waals surface area contributed by atoms with Gasteiger partial charge in [-0.3, -0.25) is 14.9 Å². The van der Waals surface area contributed by atoms with Gasteiger partial charge in [-0.25, -0.2) is 0 Å². The van der Waals surface area contributed by atoms with Crippen LogP contribution in [0.25, 0.3) is 0 Å². The normalized spacial score (nSPS) is 17.2. The van der Waals surface area contributed by atoms with Gasteiger partial charge in [0.25, 0.3) is 5.69 Å². The van der Waals surface area contributed by atoms with Crippen molar-refractivity contribution < 1.29 is 9.72 Å². The molecule has 1 aromatic rings. The van der Waals surface area contributed by atoms with Crippen molar-refractivity contribution in [2.45, 2.75) is 51.0 Å². The lowest BCUT2D eigenvalue weighted by Gasteiger charge is -2.31. The third kappa shape index (κ3) is 3.39. The molecule has 1 saturated carbocycles. The van der Waals surface area contributed by atoms with E-state index < -0.39 is 10.5 Å². The van der Waals surface area contributed by atoms with E-state index in [-0.39, 0.29) is 11.6 Å². The molecule has 21 heavy (non-hydrogen) atoms. The minimum Gasteiger partial charge on any atom is -0.324 e. The summed E-state index contributed by atoms with van der Waals surface area (Å²) in [5.74, 6) is -0.249. The zero-order chi connectivity index (χ0) is 15.5. The van der Waals surface area contributed by atoms with Crippen molar-refractivity contribution in [3.05, 3.63) is 33.9 Å². The number of carbonyl (C=O) groups excluding carboxylic acids is 1. The molecule has 0 aromatic heterocycles. The van der Waals surface area contributed by atoms with Crippen LogP contribution in [0.5, 0.6) is 0 Å². The number of nitrogens with one attached hydrogen (secondary N) is 1. The Morgan fingerprint density at radius 1 is 1.38 bits per heavy atom. The smallest absolute Gasteiger partial charge is 0.274 e. The number of nitro benzene ring substituents is 1. The van der Waals surface area contributed by atoms with Crippen molar-refractivity contribution >= 4 is 17.3 Å². The van der Waals surface area contributed by atoms with Crippen LogP contribution < -0.4 is 11.1 Å². The Morgan fingerprint density at radius 3 is 2.62 bits per heavy atom. The van der Waals surface area contributed by atoms with Gasteiger partial charge in [-0.1, -0.05) is 32.3 Å². The molecule has 0 radical (unpaired) electrons. The second-order valence-corrected chi connectivity index (χ2v) is 5.63. The van der Waals surface area contributed by atoms with Crippen LogP contribution in [0.3, 0.4) is 0 Å². The number of carbonyl (C=O) groups is 1. The molecule has 6 heteroatoms. The van der Waals surface area contributed by atoms with E-state index in [9.17, 15) is 14.9 Å². The van der Waals surface area contributed by atoms with Crippen molar-refractivity contribution in [2.75, 3.05) is 5.32 Å². The summed E-state index contributed by atoms with van der Waals surface area (Å²) in [6, 6.07) is 4.77. The first-order chi connectivity index (χ1) is 9.96. The topological polar surface area (TPSA) is 98.3 Å². The average molecular weight is 291 g/mol. The van der Waals surface area contributed by atoms with Crippen LogP contribution in [0.1, 0.15) is 44.6 Å². The van der Waals surface area contributed by atoms with Crippen molar-refractivity contribution in [3.63, 3.8) is 0 Å².